The molecule has 0 amide bonds. The van der Waals surface area contributed by atoms with Crippen molar-refractivity contribution in [2.24, 2.45) is 0 Å². The zero-order chi connectivity index (χ0) is 26.4. The molecule has 0 saturated carbocycles. The molecule has 0 aromatic carbocycles. The molecule has 0 N–H and O–H groups in total. The van der Waals surface area contributed by atoms with Crippen molar-refractivity contribution in [3.8, 4) is 0 Å². The van der Waals surface area contributed by atoms with E-state index in [1.54, 1.807) is 0 Å². The third-order valence-corrected chi connectivity index (χ3v) is 5.49. The van der Waals surface area contributed by atoms with Crippen molar-refractivity contribution in [3.63, 3.8) is 0 Å². The van der Waals surface area contributed by atoms with Crippen LogP contribution in [0.4, 0.5) is 0 Å². The largest absolute Gasteiger partial charge is 6.00 e. The molecule has 0 aromatic heterocycles. The molecule has 0 aliphatic heterocycles. The molecule has 0 radical (unpaired) electrons. The summed E-state index contributed by atoms with van der Waals surface area (Å²) in [6.07, 6.45) is 6.82. The molecule has 0 saturated heterocycles. The van der Waals surface area contributed by atoms with E-state index in [1.807, 2.05) is 0 Å². The SMILES string of the molecule is CCC(C)[N-]C(CC)[N-]C(C)(C)CC.CCC(C)[N-]C(CC)[N-]C(C)(C)CC.[CH-]=O.[CH-]=O.[Ru+6]. The van der Waals surface area contributed by atoms with Gasteiger partial charge in [-0.05, 0) is 0 Å². The first-order valence-corrected chi connectivity index (χ1v) is 12.2. The van der Waals surface area contributed by atoms with Crippen LogP contribution in [0.3, 0.4) is 0 Å². The number of hydrogen-bond donors (Lipinski definition) is 0. The van der Waals surface area contributed by atoms with E-state index in [2.05, 4.69) is 107 Å². The van der Waals surface area contributed by atoms with Gasteiger partial charge in [0.25, 0.3) is 0 Å². The van der Waals surface area contributed by atoms with Crippen molar-refractivity contribution >= 4 is 13.6 Å². The molecule has 198 valence electrons. The maximum atomic E-state index is 7.75. The van der Waals surface area contributed by atoms with Gasteiger partial charge in [0.05, 0.1) is 0 Å². The molecule has 0 spiro atoms. The molecular weight excluding hydrogens is 501 g/mol. The number of rotatable bonds is 14. The Morgan fingerprint density at radius 1 is 0.576 bits per heavy atom. The minimum atomic E-state index is 0. The quantitative estimate of drug-likeness (QED) is 0.122. The average Bonchev–Trinajstić information content (AvgIpc) is 2.80. The number of hydrogen-bond acceptors (Lipinski definition) is 2. The van der Waals surface area contributed by atoms with Crippen LogP contribution in [-0.4, -0.2) is 49.1 Å². The van der Waals surface area contributed by atoms with E-state index in [4.69, 9.17) is 20.2 Å². The van der Waals surface area contributed by atoms with Crippen LogP contribution < -0.4 is 0 Å². The molecule has 7 heteroatoms. The zero-order valence-corrected chi connectivity index (χ0v) is 25.4. The third-order valence-electron chi connectivity index (χ3n) is 5.49. The van der Waals surface area contributed by atoms with Crippen LogP contribution in [0.15, 0.2) is 0 Å². The number of carbonyl (C=O) groups excluding carboxylic acids is 2. The Labute approximate surface area is 220 Å². The Morgan fingerprint density at radius 2 is 0.818 bits per heavy atom. The Bertz CT molecular complexity index is 362. The topological polar surface area (TPSA) is 90.5 Å². The van der Waals surface area contributed by atoms with Crippen molar-refractivity contribution in [1.29, 1.82) is 0 Å². The first kappa shape index (κ1) is 42.9. The number of nitrogens with zero attached hydrogens (tertiary/aromatic N) is 4. The van der Waals surface area contributed by atoms with E-state index in [0.29, 0.717) is 12.1 Å². The summed E-state index contributed by atoms with van der Waals surface area (Å²) in [6.45, 7) is 32.6. The fourth-order valence-corrected chi connectivity index (χ4v) is 2.25. The molecule has 0 aromatic rings. The monoisotopic (exact) mass is 556 g/mol. The van der Waals surface area contributed by atoms with E-state index in [9.17, 15) is 0 Å². The van der Waals surface area contributed by atoms with Crippen molar-refractivity contribution in [1.82, 2.24) is 0 Å². The summed E-state index contributed by atoms with van der Waals surface area (Å²) in [5.41, 5.74) is 0.162. The van der Waals surface area contributed by atoms with Gasteiger partial charge in [0.2, 0.25) is 0 Å². The van der Waals surface area contributed by atoms with E-state index >= 15 is 0 Å². The Hall–Kier alpha value is -0.197. The maximum absolute atomic E-state index is 7.75. The van der Waals surface area contributed by atoms with Crippen LogP contribution in [0.5, 0.6) is 0 Å². The molecule has 6 nitrogen and oxygen atoms in total. The van der Waals surface area contributed by atoms with Gasteiger partial charge in [-0.2, -0.15) is 0 Å². The molecule has 0 bridgehead atoms. The Kier molecular flexibility index (Phi) is 34.3. The summed E-state index contributed by atoms with van der Waals surface area (Å²) in [5, 5.41) is 18.9. The molecule has 0 heterocycles. The summed E-state index contributed by atoms with van der Waals surface area (Å²) in [5.74, 6) is 0. The fraction of sp³-hybridized carbons (Fsp3) is 0.923. The van der Waals surface area contributed by atoms with Gasteiger partial charge in [0.15, 0.2) is 0 Å². The summed E-state index contributed by atoms with van der Waals surface area (Å²) in [4.78, 5) is 15.5. The van der Waals surface area contributed by atoms with E-state index in [0.717, 1.165) is 38.5 Å². The second-order valence-corrected chi connectivity index (χ2v) is 9.18. The van der Waals surface area contributed by atoms with Crippen LogP contribution in [0.1, 0.15) is 122 Å². The molecule has 4 unspecified atom stereocenters. The second kappa shape index (κ2) is 26.4. The summed E-state index contributed by atoms with van der Waals surface area (Å²) >= 11 is 0. The molecule has 0 fully saturated rings. The first-order valence-electron chi connectivity index (χ1n) is 12.2. The zero-order valence-electron chi connectivity index (χ0n) is 23.7. The average molecular weight is 556 g/mol. The van der Waals surface area contributed by atoms with Gasteiger partial charge in [-0.15, -0.1) is 23.2 Å². The third kappa shape index (κ3) is 27.9. The van der Waals surface area contributed by atoms with Gasteiger partial charge in [0.1, 0.15) is 0 Å². The molecular formula is C26H54N4O2Ru. The standard InChI is InChI=1S/2C12H26N2.2CHO.Ru/c2*1-7-10(4)13-11(8-2)14-12(5,6)9-3;2*1-2;/h2*10-11H,7-9H2,1-6H3;2*1H;/q2*-2;2*-1;+6. The Morgan fingerprint density at radius 3 is 0.970 bits per heavy atom. The van der Waals surface area contributed by atoms with Gasteiger partial charge < -0.3 is 30.9 Å². The van der Waals surface area contributed by atoms with E-state index in [-0.39, 0.29) is 42.9 Å². The molecule has 33 heavy (non-hydrogen) atoms. The van der Waals surface area contributed by atoms with Gasteiger partial charge in [-0.3, -0.25) is 13.6 Å². The van der Waals surface area contributed by atoms with Crippen LogP contribution in [0.25, 0.3) is 21.3 Å². The molecule has 0 aliphatic rings. The van der Waals surface area contributed by atoms with Crippen molar-refractivity contribution in [2.75, 3.05) is 0 Å². The van der Waals surface area contributed by atoms with Crippen LogP contribution in [0.2, 0.25) is 0 Å². The predicted molar refractivity (Wildman–Crippen MR) is 143 cm³/mol. The predicted octanol–water partition coefficient (Wildman–Crippen LogP) is 8.36. The smallest absolute Gasteiger partial charge is 0.675 e. The fourth-order valence-electron chi connectivity index (χ4n) is 2.25. The van der Waals surface area contributed by atoms with Crippen molar-refractivity contribution in [2.45, 2.75) is 157 Å². The van der Waals surface area contributed by atoms with Gasteiger partial charge in [-0.1, -0.05) is 122 Å². The Balaban J connectivity index is -0.000000134. The maximum Gasteiger partial charge on any atom is 6.00 e. The van der Waals surface area contributed by atoms with Gasteiger partial charge >= 0.3 is 19.5 Å². The minimum Gasteiger partial charge on any atom is -0.675 e. The van der Waals surface area contributed by atoms with Crippen molar-refractivity contribution < 1.29 is 29.1 Å². The van der Waals surface area contributed by atoms with E-state index in [1.165, 1.54) is 0 Å². The summed E-state index contributed by atoms with van der Waals surface area (Å²) in [6, 6.07) is 0.882. The first-order chi connectivity index (χ1) is 14.9. The van der Waals surface area contributed by atoms with Crippen LogP contribution >= 0.6 is 0 Å². The van der Waals surface area contributed by atoms with Crippen molar-refractivity contribution in [3.05, 3.63) is 21.3 Å². The van der Waals surface area contributed by atoms with Crippen LogP contribution in [-0.2, 0) is 29.1 Å². The summed E-state index contributed by atoms with van der Waals surface area (Å²) < 4.78 is 0. The second-order valence-electron chi connectivity index (χ2n) is 9.18. The normalized spacial score (nSPS) is 14.4. The summed E-state index contributed by atoms with van der Waals surface area (Å²) in [7, 11) is 0. The molecule has 0 rings (SSSR count). The van der Waals surface area contributed by atoms with Gasteiger partial charge in [0, 0.05) is 0 Å². The van der Waals surface area contributed by atoms with Crippen LogP contribution in [0, 0.1) is 0 Å². The molecule has 4 atom stereocenters. The van der Waals surface area contributed by atoms with E-state index < -0.39 is 0 Å². The minimum absolute atomic E-state index is 0. The molecule has 0 aliphatic carbocycles. The van der Waals surface area contributed by atoms with Gasteiger partial charge in [-0.25, -0.2) is 12.3 Å².